The summed E-state index contributed by atoms with van der Waals surface area (Å²) in [4.78, 5) is 23.9. The summed E-state index contributed by atoms with van der Waals surface area (Å²) in [5.41, 5.74) is 1.06. The zero-order valence-electron chi connectivity index (χ0n) is 11.2. The van der Waals surface area contributed by atoms with Crippen LogP contribution in [-0.4, -0.2) is 17.0 Å². The van der Waals surface area contributed by atoms with Crippen molar-refractivity contribution in [2.45, 2.75) is 19.4 Å². The Hall–Kier alpha value is -1.62. The summed E-state index contributed by atoms with van der Waals surface area (Å²) in [6.07, 6.45) is 4.75. The van der Waals surface area contributed by atoms with Gasteiger partial charge in [-0.1, -0.05) is 12.2 Å². The fraction of sp³-hybridized carbons (Fsp3) is 0.467. The van der Waals surface area contributed by atoms with Crippen LogP contribution >= 0.6 is 11.3 Å². The molecular weight excluding hydrogens is 274 g/mol. The van der Waals surface area contributed by atoms with E-state index >= 15 is 0 Å². The number of amides is 1. The normalized spacial score (nSPS) is 32.2. The minimum Gasteiger partial charge on any atom is -0.481 e. The zero-order chi connectivity index (χ0) is 14.3. The quantitative estimate of drug-likeness (QED) is 0.837. The molecular formula is C15H17NO3S. The molecule has 1 aromatic rings. The molecule has 5 atom stereocenters. The highest BCUT2D eigenvalue weighted by Gasteiger charge is 2.51. The molecule has 4 nitrogen and oxygen atoms in total. The van der Waals surface area contributed by atoms with Crippen molar-refractivity contribution < 1.29 is 14.7 Å². The van der Waals surface area contributed by atoms with Gasteiger partial charge in [-0.25, -0.2) is 0 Å². The number of rotatable bonds is 4. The lowest BCUT2D eigenvalue weighted by molar-refractivity contribution is -0.148. The Labute approximate surface area is 121 Å². The number of hydrogen-bond donors (Lipinski definition) is 2. The van der Waals surface area contributed by atoms with Crippen LogP contribution < -0.4 is 5.32 Å². The summed E-state index contributed by atoms with van der Waals surface area (Å²) in [5.74, 6) is -1.89. The number of carboxylic acid groups (broad SMARTS) is 1. The minimum atomic E-state index is -0.856. The second kappa shape index (κ2) is 5.05. The molecule has 2 N–H and O–H groups in total. The monoisotopic (exact) mass is 291 g/mol. The largest absolute Gasteiger partial charge is 0.481 e. The predicted octanol–water partition coefficient (Wildman–Crippen LogP) is 2.45. The highest BCUT2D eigenvalue weighted by atomic mass is 32.1. The van der Waals surface area contributed by atoms with Crippen LogP contribution in [0.3, 0.4) is 0 Å². The van der Waals surface area contributed by atoms with Gasteiger partial charge in [-0.3, -0.25) is 9.59 Å². The SMILES string of the molecule is CC(NC(=O)[C@H]1C2C=CC(C2)[C@H]1C(=O)O)c1ccsc1. The molecule has 3 rings (SSSR count). The van der Waals surface area contributed by atoms with Crippen molar-refractivity contribution in [1.29, 1.82) is 0 Å². The van der Waals surface area contributed by atoms with Gasteiger partial charge in [-0.2, -0.15) is 11.3 Å². The Kier molecular flexibility index (Phi) is 3.38. The maximum Gasteiger partial charge on any atom is 0.307 e. The van der Waals surface area contributed by atoms with Gasteiger partial charge in [0.1, 0.15) is 0 Å². The van der Waals surface area contributed by atoms with Gasteiger partial charge < -0.3 is 10.4 Å². The van der Waals surface area contributed by atoms with Crippen LogP contribution in [0.25, 0.3) is 0 Å². The molecule has 2 aliphatic carbocycles. The molecule has 5 heteroatoms. The van der Waals surface area contributed by atoms with E-state index in [9.17, 15) is 14.7 Å². The molecule has 2 bridgehead atoms. The predicted molar refractivity (Wildman–Crippen MR) is 76.2 cm³/mol. The summed E-state index contributed by atoms with van der Waals surface area (Å²) in [6, 6.07) is 1.90. The molecule has 0 saturated heterocycles. The van der Waals surface area contributed by atoms with Gasteiger partial charge in [0.2, 0.25) is 5.91 Å². The maximum atomic E-state index is 12.5. The van der Waals surface area contributed by atoms with Gasteiger partial charge >= 0.3 is 5.97 Å². The van der Waals surface area contributed by atoms with Gasteiger partial charge in [0.25, 0.3) is 0 Å². The third-order valence-corrected chi connectivity index (χ3v) is 5.15. The maximum absolute atomic E-state index is 12.5. The highest BCUT2D eigenvalue weighted by Crippen LogP contribution is 2.48. The van der Waals surface area contributed by atoms with Crippen LogP contribution in [0.15, 0.2) is 29.0 Å². The van der Waals surface area contributed by atoms with Crippen molar-refractivity contribution in [2.75, 3.05) is 0 Å². The topological polar surface area (TPSA) is 66.4 Å². The molecule has 1 heterocycles. The number of carbonyl (C=O) groups excluding carboxylic acids is 1. The zero-order valence-corrected chi connectivity index (χ0v) is 12.0. The van der Waals surface area contributed by atoms with E-state index in [1.807, 2.05) is 35.9 Å². The Morgan fingerprint density at radius 1 is 1.35 bits per heavy atom. The minimum absolute atomic E-state index is 0.0182. The average Bonchev–Trinajstić information content (AvgIpc) is 3.13. The first kappa shape index (κ1) is 13.4. The lowest BCUT2D eigenvalue weighted by atomic mass is 9.82. The number of thiophene rings is 1. The van der Waals surface area contributed by atoms with Crippen LogP contribution in [0.2, 0.25) is 0 Å². The van der Waals surface area contributed by atoms with E-state index in [2.05, 4.69) is 5.32 Å². The average molecular weight is 291 g/mol. The molecule has 0 radical (unpaired) electrons. The number of carbonyl (C=O) groups is 2. The van der Waals surface area contributed by atoms with Crippen molar-refractivity contribution >= 4 is 23.2 Å². The van der Waals surface area contributed by atoms with Gasteiger partial charge in [0.15, 0.2) is 0 Å². The van der Waals surface area contributed by atoms with Gasteiger partial charge in [-0.15, -0.1) is 0 Å². The van der Waals surface area contributed by atoms with E-state index in [1.165, 1.54) is 0 Å². The van der Waals surface area contributed by atoms with Crippen LogP contribution in [0.4, 0.5) is 0 Å². The number of aliphatic carboxylic acids is 1. The number of nitrogens with one attached hydrogen (secondary N) is 1. The van der Waals surface area contributed by atoms with E-state index in [4.69, 9.17) is 0 Å². The smallest absolute Gasteiger partial charge is 0.307 e. The number of allylic oxidation sites excluding steroid dienone is 2. The second-order valence-corrected chi connectivity index (χ2v) is 6.41. The van der Waals surface area contributed by atoms with E-state index in [1.54, 1.807) is 11.3 Å². The summed E-state index contributed by atoms with van der Waals surface area (Å²) in [7, 11) is 0. The number of hydrogen-bond acceptors (Lipinski definition) is 3. The fourth-order valence-corrected chi connectivity index (χ4v) is 4.18. The summed E-state index contributed by atoms with van der Waals surface area (Å²) < 4.78 is 0. The van der Waals surface area contributed by atoms with Crippen LogP contribution in [-0.2, 0) is 9.59 Å². The van der Waals surface area contributed by atoms with Gasteiger partial charge in [0, 0.05) is 0 Å². The molecule has 1 amide bonds. The lowest BCUT2D eigenvalue weighted by Gasteiger charge is -2.25. The molecule has 0 spiro atoms. The second-order valence-electron chi connectivity index (χ2n) is 5.63. The van der Waals surface area contributed by atoms with E-state index in [0.717, 1.165) is 12.0 Å². The standard InChI is InChI=1S/C15H17NO3S/c1-8(11-4-5-20-7-11)16-14(17)12-9-2-3-10(6-9)13(12)15(18)19/h2-5,7-10,12-13H,6H2,1H3,(H,16,17)(H,18,19)/t8?,9?,10?,12-,13+/m0/s1. The first-order chi connectivity index (χ1) is 9.58. The Balaban J connectivity index is 1.73. The number of carboxylic acids is 1. The molecule has 1 aromatic heterocycles. The van der Waals surface area contributed by atoms with Crippen molar-refractivity contribution in [2.24, 2.45) is 23.7 Å². The molecule has 0 aromatic carbocycles. The molecule has 1 fully saturated rings. The van der Waals surface area contributed by atoms with Gasteiger partial charge in [0.05, 0.1) is 17.9 Å². The molecule has 20 heavy (non-hydrogen) atoms. The highest BCUT2D eigenvalue weighted by molar-refractivity contribution is 7.07. The van der Waals surface area contributed by atoms with Crippen molar-refractivity contribution in [3.05, 3.63) is 34.5 Å². The number of fused-ring (bicyclic) bond motifs is 2. The Morgan fingerprint density at radius 3 is 2.65 bits per heavy atom. The first-order valence-corrected chi connectivity index (χ1v) is 7.76. The van der Waals surface area contributed by atoms with Gasteiger partial charge in [-0.05, 0) is 47.6 Å². The Morgan fingerprint density at radius 2 is 2.05 bits per heavy atom. The van der Waals surface area contributed by atoms with E-state index in [0.29, 0.717) is 0 Å². The van der Waals surface area contributed by atoms with E-state index < -0.39 is 17.8 Å². The van der Waals surface area contributed by atoms with E-state index in [-0.39, 0.29) is 23.8 Å². The summed E-state index contributed by atoms with van der Waals surface area (Å²) in [6.45, 7) is 1.93. The lowest BCUT2D eigenvalue weighted by Crippen LogP contribution is -2.41. The third kappa shape index (κ3) is 2.16. The van der Waals surface area contributed by atoms with Crippen molar-refractivity contribution in [3.8, 4) is 0 Å². The van der Waals surface area contributed by atoms with Crippen molar-refractivity contribution in [3.63, 3.8) is 0 Å². The van der Waals surface area contributed by atoms with Crippen LogP contribution in [0.1, 0.15) is 24.9 Å². The first-order valence-electron chi connectivity index (χ1n) is 6.81. The molecule has 1 saturated carbocycles. The Bertz CT molecular complexity index is 551. The molecule has 106 valence electrons. The molecule has 3 unspecified atom stereocenters. The van der Waals surface area contributed by atoms with Crippen LogP contribution in [0, 0.1) is 23.7 Å². The summed E-state index contributed by atoms with van der Waals surface area (Å²) in [5, 5.41) is 16.3. The molecule has 0 aliphatic heterocycles. The fourth-order valence-electron chi connectivity index (χ4n) is 3.43. The summed E-state index contributed by atoms with van der Waals surface area (Å²) >= 11 is 1.59. The van der Waals surface area contributed by atoms with Crippen molar-refractivity contribution in [1.82, 2.24) is 5.32 Å². The third-order valence-electron chi connectivity index (χ3n) is 4.45. The molecule has 2 aliphatic rings. The van der Waals surface area contributed by atoms with Crippen LogP contribution in [0.5, 0.6) is 0 Å².